The van der Waals surface area contributed by atoms with Crippen molar-refractivity contribution >= 4 is 5.78 Å². The second-order valence-corrected chi connectivity index (χ2v) is 5.34. The molecule has 0 bridgehead atoms. The number of hydrogen-bond acceptors (Lipinski definition) is 2. The van der Waals surface area contributed by atoms with Gasteiger partial charge in [0.2, 0.25) is 0 Å². The van der Waals surface area contributed by atoms with Crippen LogP contribution in [0.25, 0.3) is 0 Å². The third-order valence-electron chi connectivity index (χ3n) is 3.80. The van der Waals surface area contributed by atoms with E-state index in [2.05, 4.69) is 4.90 Å². The van der Waals surface area contributed by atoms with Gasteiger partial charge in [0.25, 0.3) is 0 Å². The molecule has 1 fully saturated rings. The molecule has 0 aliphatic heterocycles. The number of carbonyl (C=O) groups excluding carboxylic acids is 1. The average molecular weight is 249 g/mol. The van der Waals surface area contributed by atoms with Gasteiger partial charge in [0.1, 0.15) is 11.6 Å². The van der Waals surface area contributed by atoms with E-state index in [0.717, 1.165) is 18.4 Å². The van der Waals surface area contributed by atoms with Crippen molar-refractivity contribution in [2.24, 2.45) is 5.92 Å². The predicted octanol–water partition coefficient (Wildman–Crippen LogP) is 3.19. The van der Waals surface area contributed by atoms with E-state index in [1.54, 1.807) is 0 Å². The SMILES string of the molecule is CN(C)C(c1ccc(F)cc1)C1CCC(=O)CC1. The van der Waals surface area contributed by atoms with Crippen LogP contribution in [0.15, 0.2) is 24.3 Å². The molecule has 0 N–H and O–H groups in total. The number of nitrogens with zero attached hydrogens (tertiary/aromatic N) is 1. The summed E-state index contributed by atoms with van der Waals surface area (Å²) in [5, 5.41) is 0. The zero-order chi connectivity index (χ0) is 13.1. The van der Waals surface area contributed by atoms with Gasteiger partial charge in [-0.15, -0.1) is 0 Å². The molecule has 0 saturated heterocycles. The molecule has 1 saturated carbocycles. The Bertz CT molecular complexity index is 403. The lowest BCUT2D eigenvalue weighted by molar-refractivity contribution is -0.121. The highest BCUT2D eigenvalue weighted by Gasteiger charge is 2.28. The van der Waals surface area contributed by atoms with Crippen molar-refractivity contribution in [1.82, 2.24) is 4.90 Å². The van der Waals surface area contributed by atoms with E-state index in [1.165, 1.54) is 12.1 Å². The maximum Gasteiger partial charge on any atom is 0.132 e. The maximum absolute atomic E-state index is 13.0. The third-order valence-corrected chi connectivity index (χ3v) is 3.80. The van der Waals surface area contributed by atoms with Crippen LogP contribution >= 0.6 is 0 Å². The first kappa shape index (κ1) is 13.2. The second kappa shape index (κ2) is 5.61. The Morgan fingerprint density at radius 3 is 2.22 bits per heavy atom. The summed E-state index contributed by atoms with van der Waals surface area (Å²) in [7, 11) is 4.09. The van der Waals surface area contributed by atoms with E-state index in [1.807, 2.05) is 26.2 Å². The second-order valence-electron chi connectivity index (χ2n) is 5.34. The number of benzene rings is 1. The maximum atomic E-state index is 13.0. The first-order valence-corrected chi connectivity index (χ1v) is 6.51. The molecule has 98 valence electrons. The molecular formula is C15H20FNO. The van der Waals surface area contributed by atoms with Crippen LogP contribution in [-0.4, -0.2) is 24.8 Å². The lowest BCUT2D eigenvalue weighted by Gasteiger charge is -2.34. The molecule has 0 radical (unpaired) electrons. The summed E-state index contributed by atoms with van der Waals surface area (Å²) in [5.41, 5.74) is 1.14. The molecule has 1 aromatic carbocycles. The summed E-state index contributed by atoms with van der Waals surface area (Å²) in [6.45, 7) is 0. The number of Topliss-reactive ketones (excluding diaryl/α,β-unsaturated/α-hetero) is 1. The van der Waals surface area contributed by atoms with Gasteiger partial charge < -0.3 is 4.90 Å². The minimum atomic E-state index is -0.199. The molecule has 0 aromatic heterocycles. The molecule has 1 aliphatic carbocycles. The molecular weight excluding hydrogens is 229 g/mol. The molecule has 0 heterocycles. The zero-order valence-electron chi connectivity index (χ0n) is 11.0. The Kier molecular flexibility index (Phi) is 4.12. The number of rotatable bonds is 3. The molecule has 1 unspecified atom stereocenters. The molecule has 0 spiro atoms. The Morgan fingerprint density at radius 1 is 1.17 bits per heavy atom. The zero-order valence-corrected chi connectivity index (χ0v) is 11.0. The molecule has 18 heavy (non-hydrogen) atoms. The molecule has 2 nitrogen and oxygen atoms in total. The van der Waals surface area contributed by atoms with Gasteiger partial charge in [-0.05, 0) is 50.6 Å². The fourth-order valence-corrected chi connectivity index (χ4v) is 2.93. The summed E-state index contributed by atoms with van der Waals surface area (Å²) in [6.07, 6.45) is 3.27. The minimum Gasteiger partial charge on any atom is -0.302 e. The van der Waals surface area contributed by atoms with Crippen LogP contribution < -0.4 is 0 Å². The van der Waals surface area contributed by atoms with E-state index in [-0.39, 0.29) is 11.9 Å². The van der Waals surface area contributed by atoms with Crippen LogP contribution in [0.5, 0.6) is 0 Å². The van der Waals surface area contributed by atoms with Gasteiger partial charge >= 0.3 is 0 Å². The van der Waals surface area contributed by atoms with Crippen LogP contribution in [0.3, 0.4) is 0 Å². The highest BCUT2D eigenvalue weighted by Crippen LogP contribution is 2.36. The lowest BCUT2D eigenvalue weighted by atomic mass is 9.80. The van der Waals surface area contributed by atoms with E-state index >= 15 is 0 Å². The van der Waals surface area contributed by atoms with Gasteiger partial charge in [0.05, 0.1) is 0 Å². The fraction of sp³-hybridized carbons (Fsp3) is 0.533. The van der Waals surface area contributed by atoms with Crippen LogP contribution in [0.1, 0.15) is 37.3 Å². The van der Waals surface area contributed by atoms with Crippen molar-refractivity contribution in [2.45, 2.75) is 31.7 Å². The quantitative estimate of drug-likeness (QED) is 0.820. The van der Waals surface area contributed by atoms with Crippen LogP contribution in [-0.2, 0) is 4.79 Å². The highest BCUT2D eigenvalue weighted by atomic mass is 19.1. The van der Waals surface area contributed by atoms with Crippen molar-refractivity contribution in [3.63, 3.8) is 0 Å². The van der Waals surface area contributed by atoms with Gasteiger partial charge in [-0.1, -0.05) is 12.1 Å². The molecule has 0 amide bonds. The highest BCUT2D eigenvalue weighted by molar-refractivity contribution is 5.79. The van der Waals surface area contributed by atoms with Crippen molar-refractivity contribution in [1.29, 1.82) is 0 Å². The predicted molar refractivity (Wildman–Crippen MR) is 69.8 cm³/mol. The summed E-state index contributed by atoms with van der Waals surface area (Å²) in [5.74, 6) is 0.668. The number of ketones is 1. The average Bonchev–Trinajstić information content (AvgIpc) is 2.34. The van der Waals surface area contributed by atoms with Crippen LogP contribution in [0.4, 0.5) is 4.39 Å². The van der Waals surface area contributed by atoms with Crippen molar-refractivity contribution < 1.29 is 9.18 Å². The Labute approximate surface area is 108 Å². The Morgan fingerprint density at radius 2 is 1.72 bits per heavy atom. The smallest absolute Gasteiger partial charge is 0.132 e. The van der Waals surface area contributed by atoms with Crippen LogP contribution in [0, 0.1) is 11.7 Å². The monoisotopic (exact) mass is 249 g/mol. The van der Waals surface area contributed by atoms with Gasteiger partial charge in [0.15, 0.2) is 0 Å². The van der Waals surface area contributed by atoms with Gasteiger partial charge in [-0.25, -0.2) is 4.39 Å². The first-order chi connectivity index (χ1) is 8.58. The van der Waals surface area contributed by atoms with E-state index in [4.69, 9.17) is 0 Å². The number of carbonyl (C=O) groups is 1. The number of hydrogen-bond donors (Lipinski definition) is 0. The number of halogens is 1. The molecule has 3 heteroatoms. The fourth-order valence-electron chi connectivity index (χ4n) is 2.93. The first-order valence-electron chi connectivity index (χ1n) is 6.51. The van der Waals surface area contributed by atoms with E-state index in [9.17, 15) is 9.18 Å². The van der Waals surface area contributed by atoms with Gasteiger partial charge in [0, 0.05) is 18.9 Å². The van der Waals surface area contributed by atoms with E-state index < -0.39 is 0 Å². The van der Waals surface area contributed by atoms with Gasteiger partial charge in [-0.3, -0.25) is 4.79 Å². The summed E-state index contributed by atoms with van der Waals surface area (Å²) in [4.78, 5) is 13.5. The van der Waals surface area contributed by atoms with E-state index in [0.29, 0.717) is 24.5 Å². The summed E-state index contributed by atoms with van der Waals surface area (Å²) in [6, 6.07) is 7.02. The Balaban J connectivity index is 2.17. The van der Waals surface area contributed by atoms with Crippen molar-refractivity contribution in [3.8, 4) is 0 Å². The summed E-state index contributed by atoms with van der Waals surface area (Å²) < 4.78 is 13.0. The molecule has 1 atom stereocenters. The Hall–Kier alpha value is -1.22. The normalized spacial score (nSPS) is 19.2. The molecule has 2 rings (SSSR count). The third kappa shape index (κ3) is 2.96. The van der Waals surface area contributed by atoms with Gasteiger partial charge in [-0.2, -0.15) is 0 Å². The molecule has 1 aromatic rings. The minimum absolute atomic E-state index is 0.199. The molecule has 1 aliphatic rings. The van der Waals surface area contributed by atoms with Crippen molar-refractivity contribution in [3.05, 3.63) is 35.6 Å². The van der Waals surface area contributed by atoms with Crippen molar-refractivity contribution in [2.75, 3.05) is 14.1 Å². The topological polar surface area (TPSA) is 20.3 Å². The largest absolute Gasteiger partial charge is 0.302 e. The standard InChI is InChI=1S/C15H20FNO/c1-17(2)15(11-3-7-13(16)8-4-11)12-5-9-14(18)10-6-12/h3-4,7-8,12,15H,5-6,9-10H2,1-2H3. The summed E-state index contributed by atoms with van der Waals surface area (Å²) >= 11 is 0. The van der Waals surface area contributed by atoms with Crippen LogP contribution in [0.2, 0.25) is 0 Å². The lowest BCUT2D eigenvalue weighted by Crippen LogP contribution is -2.30.